The second kappa shape index (κ2) is 9.31. The Morgan fingerprint density at radius 2 is 2.03 bits per heavy atom. The number of nitrogens with one attached hydrogen (secondary N) is 1. The molecule has 0 spiro atoms. The van der Waals surface area contributed by atoms with Crippen LogP contribution in [0, 0.1) is 16.6 Å². The van der Waals surface area contributed by atoms with E-state index in [-0.39, 0.29) is 35.4 Å². The molecule has 8 nitrogen and oxygen atoms in total. The smallest absolute Gasteiger partial charge is 0.232 e. The van der Waals surface area contributed by atoms with Crippen LogP contribution in [0.4, 0.5) is 15.8 Å². The van der Waals surface area contributed by atoms with Gasteiger partial charge in [-0.3, -0.25) is 14.8 Å². The summed E-state index contributed by atoms with van der Waals surface area (Å²) in [5.41, 5.74) is 2.09. The minimum absolute atomic E-state index is 0.0551. The zero-order chi connectivity index (χ0) is 26.7. The highest BCUT2D eigenvalue weighted by Gasteiger charge is 2.62. The molecule has 0 radical (unpaired) electrons. The topological polar surface area (TPSA) is 79.8 Å². The molecule has 1 aliphatic carbocycles. The number of nitrogens with zero attached hydrogens (tertiary/aromatic N) is 4. The van der Waals surface area contributed by atoms with E-state index in [4.69, 9.17) is 9.47 Å². The average Bonchev–Trinajstić information content (AvgIpc) is 3.70. The molecule has 3 aliphatic heterocycles. The number of ether oxygens (including phenoxy) is 2. The molecule has 4 atom stereocenters. The van der Waals surface area contributed by atoms with Crippen LogP contribution < -0.4 is 15.1 Å². The first-order valence-electron chi connectivity index (χ1n) is 13.6. The minimum Gasteiger partial charge on any atom is -0.378 e. The van der Waals surface area contributed by atoms with E-state index in [9.17, 15) is 4.79 Å². The van der Waals surface area contributed by atoms with Crippen LogP contribution >= 0.6 is 0 Å². The van der Waals surface area contributed by atoms with Crippen LogP contribution in [-0.2, 0) is 20.7 Å². The van der Waals surface area contributed by atoms with Crippen LogP contribution in [0.2, 0.25) is 0 Å². The number of aromatic nitrogens is 2. The van der Waals surface area contributed by atoms with E-state index < -0.39 is 5.41 Å². The Morgan fingerprint density at radius 1 is 1.26 bits per heavy atom. The van der Waals surface area contributed by atoms with Crippen LogP contribution in [0.1, 0.15) is 32.3 Å². The predicted molar refractivity (Wildman–Crippen MR) is 144 cm³/mol. The normalized spacial score (nSPS) is 29.7. The lowest BCUT2D eigenvalue weighted by Crippen LogP contribution is -2.69. The van der Waals surface area contributed by atoms with E-state index in [1.54, 1.807) is 31.7 Å². The van der Waals surface area contributed by atoms with Gasteiger partial charge in [0.05, 0.1) is 60.1 Å². The predicted octanol–water partition coefficient (Wildman–Crippen LogP) is 3.36. The summed E-state index contributed by atoms with van der Waals surface area (Å²) in [7, 11) is 1.65. The lowest BCUT2D eigenvalue weighted by Gasteiger charge is -2.57. The van der Waals surface area contributed by atoms with Crippen LogP contribution in [0.25, 0.3) is 11.3 Å². The van der Waals surface area contributed by atoms with Crippen molar-refractivity contribution in [2.45, 2.75) is 51.4 Å². The molecule has 1 aromatic carbocycles. The van der Waals surface area contributed by atoms with Crippen molar-refractivity contribution in [1.29, 1.82) is 0 Å². The zero-order valence-corrected chi connectivity index (χ0v) is 22.4. The van der Waals surface area contributed by atoms with E-state index in [1.165, 1.54) is 0 Å². The van der Waals surface area contributed by atoms with Crippen LogP contribution in [-0.4, -0.2) is 74.0 Å². The second-order valence-electron chi connectivity index (χ2n) is 11.4. The van der Waals surface area contributed by atoms with Gasteiger partial charge in [0.1, 0.15) is 0 Å². The molecule has 0 bridgehead atoms. The quantitative estimate of drug-likeness (QED) is 0.605. The summed E-state index contributed by atoms with van der Waals surface area (Å²) in [5.74, 6) is -0.405. The molecule has 4 aliphatic rings. The lowest BCUT2D eigenvalue weighted by molar-refractivity contribution is -0.139. The first kappa shape index (κ1) is 25.2. The maximum absolute atomic E-state index is 17.1. The standard InChI is InChI=1S/C29H36FN5O3/c1-5-29(27(36)31-4)15-19-14-20(21-16-32-8-9-33-21)24(34-10-12-37-13-11-34)22(30)23(19)35-17-18(2)38-26(25(29)35)28(3)6-7-28/h5,8-9,14,16,18,25-26H,1,6-7,10-13,15,17H2,2-4H3,(H,31,36). The third kappa shape index (κ3) is 3.81. The van der Waals surface area contributed by atoms with Crippen molar-refractivity contribution in [3.05, 3.63) is 48.7 Å². The maximum atomic E-state index is 17.1. The summed E-state index contributed by atoms with van der Waals surface area (Å²) in [5, 5.41) is 2.89. The third-order valence-electron chi connectivity index (χ3n) is 8.95. The number of rotatable bonds is 5. The van der Waals surface area contributed by atoms with Crippen LogP contribution in [0.15, 0.2) is 37.3 Å². The number of carbonyl (C=O) groups excluding carboxylic acids is 1. The fourth-order valence-electron chi connectivity index (χ4n) is 6.74. The number of halogens is 1. The summed E-state index contributed by atoms with van der Waals surface area (Å²) >= 11 is 0. The van der Waals surface area contributed by atoms with Crippen molar-refractivity contribution < 1.29 is 18.7 Å². The monoisotopic (exact) mass is 521 g/mol. The largest absolute Gasteiger partial charge is 0.378 e. The molecule has 4 heterocycles. The van der Waals surface area contributed by atoms with Gasteiger partial charge in [0.15, 0.2) is 5.82 Å². The van der Waals surface area contributed by atoms with Crippen molar-refractivity contribution in [3.63, 3.8) is 0 Å². The first-order valence-corrected chi connectivity index (χ1v) is 13.6. The van der Waals surface area contributed by atoms with E-state index in [0.29, 0.717) is 61.9 Å². The molecule has 1 saturated carbocycles. The number of carbonyl (C=O) groups is 1. The van der Waals surface area contributed by atoms with Gasteiger partial charge in [0.2, 0.25) is 5.91 Å². The second-order valence-corrected chi connectivity index (χ2v) is 11.4. The van der Waals surface area contributed by atoms with Crippen molar-refractivity contribution >= 4 is 17.3 Å². The molecule has 1 amide bonds. The van der Waals surface area contributed by atoms with E-state index in [2.05, 4.69) is 38.6 Å². The Labute approximate surface area is 223 Å². The lowest BCUT2D eigenvalue weighted by atomic mass is 9.65. The number of amides is 1. The summed E-state index contributed by atoms with van der Waals surface area (Å²) in [6, 6.07) is 1.64. The third-order valence-corrected chi connectivity index (χ3v) is 8.95. The Hall–Kier alpha value is -3.04. The number of anilines is 2. The number of morpholine rings is 2. The van der Waals surface area contributed by atoms with Crippen molar-refractivity contribution in [2.75, 3.05) is 49.7 Å². The number of hydrogen-bond acceptors (Lipinski definition) is 7. The van der Waals surface area contributed by atoms with Crippen molar-refractivity contribution in [3.8, 4) is 11.3 Å². The van der Waals surface area contributed by atoms with Crippen LogP contribution in [0.3, 0.4) is 0 Å². The highest BCUT2D eigenvalue weighted by Crippen LogP contribution is 2.58. The Balaban J connectivity index is 1.60. The van der Waals surface area contributed by atoms with Gasteiger partial charge in [-0.1, -0.05) is 13.0 Å². The summed E-state index contributed by atoms with van der Waals surface area (Å²) in [6.07, 6.45) is 8.69. The maximum Gasteiger partial charge on any atom is 0.232 e. The molecule has 2 saturated heterocycles. The first-order chi connectivity index (χ1) is 18.3. The van der Waals surface area contributed by atoms with Gasteiger partial charge in [-0.25, -0.2) is 4.39 Å². The fourth-order valence-corrected chi connectivity index (χ4v) is 6.74. The van der Waals surface area contributed by atoms with E-state index >= 15 is 4.39 Å². The molecule has 3 fully saturated rings. The molecule has 9 heteroatoms. The molecule has 1 aromatic heterocycles. The molecule has 6 rings (SSSR count). The average molecular weight is 522 g/mol. The summed E-state index contributed by atoms with van der Waals surface area (Å²) in [4.78, 5) is 26.7. The van der Waals surface area contributed by atoms with Crippen molar-refractivity contribution in [1.82, 2.24) is 15.3 Å². The number of hydrogen-bond donors (Lipinski definition) is 1. The van der Waals surface area contributed by atoms with Gasteiger partial charge in [0.25, 0.3) is 0 Å². The number of fused-ring (bicyclic) bond motifs is 3. The highest BCUT2D eigenvalue weighted by atomic mass is 19.1. The van der Waals surface area contributed by atoms with Crippen LogP contribution in [0.5, 0.6) is 0 Å². The van der Waals surface area contributed by atoms with Gasteiger partial charge in [-0.15, -0.1) is 6.58 Å². The zero-order valence-electron chi connectivity index (χ0n) is 22.4. The Morgan fingerprint density at radius 3 is 2.66 bits per heavy atom. The molecule has 38 heavy (non-hydrogen) atoms. The van der Waals surface area contributed by atoms with E-state index in [0.717, 1.165) is 18.4 Å². The van der Waals surface area contributed by atoms with Gasteiger partial charge in [0, 0.05) is 44.6 Å². The Bertz CT molecular complexity index is 1250. The summed E-state index contributed by atoms with van der Waals surface area (Å²) in [6.45, 7) is 11.1. The van der Waals surface area contributed by atoms with Gasteiger partial charge >= 0.3 is 0 Å². The molecule has 4 unspecified atom stereocenters. The van der Waals surface area contributed by atoms with Gasteiger partial charge < -0.3 is 24.6 Å². The molecule has 1 N–H and O–H groups in total. The minimum atomic E-state index is -0.981. The van der Waals surface area contributed by atoms with E-state index in [1.807, 2.05) is 13.0 Å². The summed E-state index contributed by atoms with van der Waals surface area (Å²) < 4.78 is 29.3. The SMILES string of the molecule is C=CC1(C(=O)NC)Cc2cc(-c3cnccn3)c(N3CCOCC3)c(F)c2N2CC(C)OC(C3(C)CC3)C21. The van der Waals surface area contributed by atoms with Gasteiger partial charge in [-0.05, 0) is 43.2 Å². The Kier molecular flexibility index (Phi) is 6.18. The van der Waals surface area contributed by atoms with Gasteiger partial charge in [-0.2, -0.15) is 0 Å². The molecular weight excluding hydrogens is 485 g/mol. The van der Waals surface area contributed by atoms with Crippen molar-refractivity contribution in [2.24, 2.45) is 10.8 Å². The molecule has 202 valence electrons. The number of benzene rings is 1. The molecule has 2 aromatic rings. The highest BCUT2D eigenvalue weighted by molar-refractivity contribution is 5.90. The fraction of sp³-hybridized carbons (Fsp3) is 0.552. The molecular formula is C29H36FN5O3.